The lowest BCUT2D eigenvalue weighted by Crippen LogP contribution is -2.44. The molecule has 0 aromatic rings. The number of β-amino-alcohol motifs (C(OH)–C–C–N with tert-alkyl or cyclic N) is 1. The van der Waals surface area contributed by atoms with Crippen LogP contribution in [0.3, 0.4) is 0 Å². The molecule has 100 valence electrons. The molecule has 0 radical (unpaired) electrons. The normalized spacial score (nSPS) is 25.9. The average molecular weight is 247 g/mol. The van der Waals surface area contributed by atoms with Crippen molar-refractivity contribution in [3.05, 3.63) is 0 Å². The van der Waals surface area contributed by atoms with Crippen molar-refractivity contribution in [2.45, 2.75) is 39.0 Å². The van der Waals surface area contributed by atoms with Crippen molar-refractivity contribution in [1.82, 2.24) is 15.5 Å². The quantitative estimate of drug-likeness (QED) is 0.512. The molecule has 0 spiro atoms. The third kappa shape index (κ3) is 4.86. The summed E-state index contributed by atoms with van der Waals surface area (Å²) in [6.45, 7) is 6.30. The average Bonchev–Trinajstić information content (AvgIpc) is 2.46. The molecule has 1 fully saturated rings. The summed E-state index contributed by atoms with van der Waals surface area (Å²) >= 11 is 0. The fourth-order valence-corrected chi connectivity index (χ4v) is 1.48. The Morgan fingerprint density at radius 3 is 2.65 bits per heavy atom. The SMILES string of the molecule is CC(C)(C)OC(=O)NCCN1C(O)CNC1O. The van der Waals surface area contributed by atoms with Gasteiger partial charge < -0.3 is 20.3 Å². The first-order chi connectivity index (χ1) is 7.79. The lowest BCUT2D eigenvalue weighted by atomic mass is 10.2. The minimum atomic E-state index is -0.870. The van der Waals surface area contributed by atoms with E-state index in [-0.39, 0.29) is 0 Å². The van der Waals surface area contributed by atoms with Crippen LogP contribution in [0, 0.1) is 0 Å². The maximum Gasteiger partial charge on any atom is 0.407 e. The van der Waals surface area contributed by atoms with Gasteiger partial charge >= 0.3 is 6.09 Å². The minimum Gasteiger partial charge on any atom is -0.444 e. The summed E-state index contributed by atoms with van der Waals surface area (Å²) in [7, 11) is 0. The molecular weight excluding hydrogens is 226 g/mol. The van der Waals surface area contributed by atoms with E-state index in [4.69, 9.17) is 4.74 Å². The second kappa shape index (κ2) is 5.63. The molecule has 1 aliphatic heterocycles. The van der Waals surface area contributed by atoms with Crippen LogP contribution in [-0.2, 0) is 4.74 Å². The van der Waals surface area contributed by atoms with Crippen LogP contribution in [0.25, 0.3) is 0 Å². The Labute approximate surface area is 101 Å². The Morgan fingerprint density at radius 2 is 2.18 bits per heavy atom. The third-order valence-corrected chi connectivity index (χ3v) is 2.22. The number of alkyl carbamates (subject to hydrolysis) is 1. The van der Waals surface area contributed by atoms with E-state index in [9.17, 15) is 15.0 Å². The summed E-state index contributed by atoms with van der Waals surface area (Å²) in [6.07, 6.45) is -2.11. The zero-order valence-electron chi connectivity index (χ0n) is 10.4. The van der Waals surface area contributed by atoms with E-state index in [1.807, 2.05) is 0 Å². The number of amides is 1. The predicted molar refractivity (Wildman–Crippen MR) is 61.0 cm³/mol. The second-order valence-corrected chi connectivity index (χ2v) is 4.93. The van der Waals surface area contributed by atoms with Gasteiger partial charge in [-0.25, -0.2) is 9.69 Å². The van der Waals surface area contributed by atoms with E-state index in [1.165, 1.54) is 4.90 Å². The maximum absolute atomic E-state index is 11.3. The lowest BCUT2D eigenvalue weighted by Gasteiger charge is -2.23. The molecule has 2 unspecified atom stereocenters. The topological polar surface area (TPSA) is 94.1 Å². The first-order valence-corrected chi connectivity index (χ1v) is 5.62. The highest BCUT2D eigenvalue weighted by molar-refractivity contribution is 5.67. The van der Waals surface area contributed by atoms with Crippen LogP contribution in [0.1, 0.15) is 20.8 Å². The number of hydrogen-bond acceptors (Lipinski definition) is 6. The Kier molecular flexibility index (Phi) is 4.70. The Morgan fingerprint density at radius 1 is 1.53 bits per heavy atom. The van der Waals surface area contributed by atoms with Crippen molar-refractivity contribution in [2.75, 3.05) is 19.6 Å². The molecule has 1 saturated heterocycles. The molecule has 0 aromatic carbocycles. The summed E-state index contributed by atoms with van der Waals surface area (Å²) in [4.78, 5) is 12.7. The number of aliphatic hydroxyl groups excluding tert-OH is 2. The van der Waals surface area contributed by atoms with Crippen molar-refractivity contribution < 1.29 is 19.7 Å². The van der Waals surface area contributed by atoms with Gasteiger partial charge in [0.2, 0.25) is 0 Å². The molecular formula is C10H21N3O4. The Balaban J connectivity index is 2.21. The monoisotopic (exact) mass is 247 g/mol. The van der Waals surface area contributed by atoms with Gasteiger partial charge in [0, 0.05) is 19.6 Å². The molecule has 1 heterocycles. The lowest BCUT2D eigenvalue weighted by molar-refractivity contribution is -0.0550. The zero-order valence-corrected chi connectivity index (χ0v) is 10.4. The molecule has 7 heteroatoms. The van der Waals surface area contributed by atoms with E-state index in [0.29, 0.717) is 19.6 Å². The van der Waals surface area contributed by atoms with Crippen molar-refractivity contribution in [2.24, 2.45) is 0 Å². The molecule has 0 saturated carbocycles. The summed E-state index contributed by atoms with van der Waals surface area (Å²) < 4.78 is 5.05. The molecule has 2 atom stereocenters. The minimum absolute atomic E-state index is 0.296. The predicted octanol–water partition coefficient (Wildman–Crippen LogP) is -0.989. The smallest absolute Gasteiger partial charge is 0.407 e. The van der Waals surface area contributed by atoms with Gasteiger partial charge in [-0.2, -0.15) is 0 Å². The number of hydrogen-bond donors (Lipinski definition) is 4. The molecule has 0 aliphatic carbocycles. The molecule has 17 heavy (non-hydrogen) atoms. The van der Waals surface area contributed by atoms with Crippen LogP contribution in [0.2, 0.25) is 0 Å². The van der Waals surface area contributed by atoms with E-state index >= 15 is 0 Å². The Hall–Kier alpha value is -0.890. The zero-order chi connectivity index (χ0) is 13.1. The van der Waals surface area contributed by atoms with Gasteiger partial charge in [0.15, 0.2) is 6.35 Å². The van der Waals surface area contributed by atoms with Crippen molar-refractivity contribution in [3.63, 3.8) is 0 Å². The molecule has 1 aliphatic rings. The highest BCUT2D eigenvalue weighted by Gasteiger charge is 2.29. The number of carbonyl (C=O) groups excluding carboxylic acids is 1. The maximum atomic E-state index is 11.3. The highest BCUT2D eigenvalue weighted by atomic mass is 16.6. The molecule has 4 N–H and O–H groups in total. The largest absolute Gasteiger partial charge is 0.444 e. The second-order valence-electron chi connectivity index (χ2n) is 4.93. The Bertz CT molecular complexity index is 257. The first kappa shape index (κ1) is 14.2. The van der Waals surface area contributed by atoms with Crippen molar-refractivity contribution in [3.8, 4) is 0 Å². The number of carbonyl (C=O) groups is 1. The van der Waals surface area contributed by atoms with Gasteiger partial charge in [0.1, 0.15) is 11.8 Å². The van der Waals surface area contributed by atoms with Crippen LogP contribution < -0.4 is 10.6 Å². The summed E-state index contributed by atoms with van der Waals surface area (Å²) in [5.74, 6) is 0. The van der Waals surface area contributed by atoms with Crippen molar-refractivity contribution >= 4 is 6.09 Å². The van der Waals surface area contributed by atoms with Crippen molar-refractivity contribution in [1.29, 1.82) is 0 Å². The standard InChI is InChI=1S/C10H21N3O4/c1-10(2,3)17-9(16)11-4-5-13-7(14)6-12-8(13)15/h7-8,12,14-15H,4-6H2,1-3H3,(H,11,16). The van der Waals surface area contributed by atoms with Gasteiger partial charge in [-0.1, -0.05) is 0 Å². The summed E-state index contributed by atoms with van der Waals surface area (Å²) in [5, 5.41) is 24.1. The van der Waals surface area contributed by atoms with Crippen LogP contribution in [0.4, 0.5) is 4.79 Å². The van der Waals surface area contributed by atoms with Crippen LogP contribution in [-0.4, -0.2) is 59.0 Å². The van der Waals surface area contributed by atoms with Crippen LogP contribution >= 0.6 is 0 Å². The van der Waals surface area contributed by atoms with E-state index < -0.39 is 24.3 Å². The van der Waals surface area contributed by atoms with Gasteiger partial charge in [-0.15, -0.1) is 0 Å². The first-order valence-electron chi connectivity index (χ1n) is 5.62. The summed E-state index contributed by atoms with van der Waals surface area (Å²) in [5.41, 5.74) is -0.529. The highest BCUT2D eigenvalue weighted by Crippen LogP contribution is 2.07. The molecule has 0 aromatic heterocycles. The van der Waals surface area contributed by atoms with E-state index in [1.54, 1.807) is 20.8 Å². The van der Waals surface area contributed by atoms with Gasteiger partial charge in [0.25, 0.3) is 0 Å². The van der Waals surface area contributed by atoms with E-state index in [2.05, 4.69) is 10.6 Å². The van der Waals surface area contributed by atoms with Crippen LogP contribution in [0.15, 0.2) is 0 Å². The number of rotatable bonds is 3. The van der Waals surface area contributed by atoms with E-state index in [0.717, 1.165) is 0 Å². The molecule has 7 nitrogen and oxygen atoms in total. The number of aliphatic hydroxyl groups is 2. The van der Waals surface area contributed by atoms with Gasteiger partial charge in [0.05, 0.1) is 0 Å². The van der Waals surface area contributed by atoms with Crippen LogP contribution in [0.5, 0.6) is 0 Å². The third-order valence-electron chi connectivity index (χ3n) is 2.22. The molecule has 1 amide bonds. The fourth-order valence-electron chi connectivity index (χ4n) is 1.48. The fraction of sp³-hybridized carbons (Fsp3) is 0.900. The number of nitrogens with one attached hydrogen (secondary N) is 2. The van der Waals surface area contributed by atoms with Gasteiger partial charge in [-0.05, 0) is 20.8 Å². The molecule has 1 rings (SSSR count). The van der Waals surface area contributed by atoms with Gasteiger partial charge in [-0.3, -0.25) is 5.32 Å². The number of nitrogens with zero attached hydrogens (tertiary/aromatic N) is 1. The molecule has 0 bridgehead atoms. The number of ether oxygens (including phenoxy) is 1. The summed E-state index contributed by atoms with van der Waals surface area (Å²) in [6, 6.07) is 0.